The molecule has 0 atom stereocenters. The summed E-state index contributed by atoms with van der Waals surface area (Å²) in [5, 5.41) is 2.72. The van der Waals surface area contributed by atoms with E-state index in [-0.39, 0.29) is 18.0 Å². The third-order valence-corrected chi connectivity index (χ3v) is 2.75. The van der Waals surface area contributed by atoms with E-state index in [0.717, 1.165) is 0 Å². The Morgan fingerprint density at radius 3 is 2.90 bits per heavy atom. The molecule has 0 spiro atoms. The molecule has 0 bridgehead atoms. The average Bonchev–Trinajstić information content (AvgIpc) is 2.43. The summed E-state index contributed by atoms with van der Waals surface area (Å²) >= 11 is 0. The number of nitrogens with zero attached hydrogens (tertiary/aromatic N) is 1. The minimum atomic E-state index is -0.309. The summed E-state index contributed by atoms with van der Waals surface area (Å²) in [4.78, 5) is 23.6. The first-order valence-corrected chi connectivity index (χ1v) is 6.57. The van der Waals surface area contributed by atoms with E-state index in [2.05, 4.69) is 5.32 Å². The Balaban J connectivity index is 2.06. The van der Waals surface area contributed by atoms with Crippen molar-refractivity contribution in [3.63, 3.8) is 0 Å². The molecule has 2 aromatic rings. The lowest BCUT2D eigenvalue weighted by Gasteiger charge is -2.09. The van der Waals surface area contributed by atoms with E-state index in [9.17, 15) is 9.59 Å². The number of carbonyl (C=O) groups is 1. The van der Waals surface area contributed by atoms with Crippen molar-refractivity contribution in [3.05, 3.63) is 52.9 Å². The molecule has 0 saturated carbocycles. The van der Waals surface area contributed by atoms with Crippen molar-refractivity contribution < 1.29 is 9.53 Å². The zero-order chi connectivity index (χ0) is 15.2. The minimum Gasteiger partial charge on any atom is -0.494 e. The van der Waals surface area contributed by atoms with Gasteiger partial charge >= 0.3 is 0 Å². The number of hydrogen-bond acceptors (Lipinski definition) is 4. The van der Waals surface area contributed by atoms with Gasteiger partial charge < -0.3 is 20.4 Å². The van der Waals surface area contributed by atoms with Gasteiger partial charge in [0.25, 0.3) is 5.56 Å². The molecule has 0 saturated heterocycles. The van der Waals surface area contributed by atoms with Crippen molar-refractivity contribution in [1.29, 1.82) is 0 Å². The van der Waals surface area contributed by atoms with Crippen molar-refractivity contribution in [1.82, 2.24) is 4.57 Å². The van der Waals surface area contributed by atoms with Gasteiger partial charge in [-0.2, -0.15) is 0 Å². The highest BCUT2D eigenvalue weighted by atomic mass is 16.5. The first-order valence-electron chi connectivity index (χ1n) is 6.57. The molecule has 2 rings (SSSR count). The summed E-state index contributed by atoms with van der Waals surface area (Å²) in [5.41, 5.74) is 6.37. The lowest BCUT2D eigenvalue weighted by atomic mass is 10.3. The van der Waals surface area contributed by atoms with Gasteiger partial charge in [-0.05, 0) is 25.1 Å². The number of benzene rings is 1. The zero-order valence-electron chi connectivity index (χ0n) is 11.7. The highest BCUT2D eigenvalue weighted by Gasteiger charge is 2.06. The molecular formula is C15H17N3O3. The number of carbonyl (C=O) groups excluding carboxylic acids is 1. The van der Waals surface area contributed by atoms with E-state index in [0.29, 0.717) is 23.7 Å². The van der Waals surface area contributed by atoms with Crippen molar-refractivity contribution in [2.24, 2.45) is 0 Å². The lowest BCUT2D eigenvalue weighted by Crippen LogP contribution is -2.27. The monoisotopic (exact) mass is 287 g/mol. The molecule has 0 aliphatic heterocycles. The second-order valence-electron chi connectivity index (χ2n) is 4.44. The molecule has 0 unspecified atom stereocenters. The number of aromatic nitrogens is 1. The molecule has 1 amide bonds. The van der Waals surface area contributed by atoms with Gasteiger partial charge in [-0.3, -0.25) is 9.59 Å². The summed E-state index contributed by atoms with van der Waals surface area (Å²) < 4.78 is 6.62. The fourth-order valence-electron chi connectivity index (χ4n) is 1.86. The van der Waals surface area contributed by atoms with Crippen LogP contribution >= 0.6 is 0 Å². The second-order valence-corrected chi connectivity index (χ2v) is 4.44. The Kier molecular flexibility index (Phi) is 4.61. The molecule has 110 valence electrons. The van der Waals surface area contributed by atoms with E-state index in [1.165, 1.54) is 22.9 Å². The van der Waals surface area contributed by atoms with Crippen LogP contribution in [0, 0.1) is 0 Å². The molecular weight excluding hydrogens is 270 g/mol. The first-order chi connectivity index (χ1) is 10.1. The maximum atomic E-state index is 12.0. The normalized spacial score (nSPS) is 10.1. The highest BCUT2D eigenvalue weighted by molar-refractivity contribution is 5.90. The van der Waals surface area contributed by atoms with Crippen LogP contribution in [0.1, 0.15) is 6.92 Å². The fraction of sp³-hybridized carbons (Fsp3) is 0.200. The third-order valence-electron chi connectivity index (χ3n) is 2.75. The predicted octanol–water partition coefficient (Wildman–Crippen LogP) is 1.47. The van der Waals surface area contributed by atoms with Gasteiger partial charge in [0, 0.05) is 29.7 Å². The number of hydrogen-bond donors (Lipinski definition) is 2. The van der Waals surface area contributed by atoms with Gasteiger partial charge in [-0.25, -0.2) is 0 Å². The third kappa shape index (κ3) is 4.10. The Bertz CT molecular complexity index is 695. The van der Waals surface area contributed by atoms with E-state index < -0.39 is 0 Å². The maximum Gasteiger partial charge on any atom is 0.251 e. The van der Waals surface area contributed by atoms with Gasteiger partial charge in [0.2, 0.25) is 5.91 Å². The number of nitrogen functional groups attached to an aromatic ring is 1. The summed E-state index contributed by atoms with van der Waals surface area (Å²) in [6.07, 6.45) is 1.44. The SMILES string of the molecule is CCOc1cccc(NC(=O)Cn2cc(N)ccc2=O)c1. The van der Waals surface area contributed by atoms with E-state index in [1.54, 1.807) is 18.2 Å². The van der Waals surface area contributed by atoms with Gasteiger partial charge in [-0.1, -0.05) is 6.07 Å². The number of amides is 1. The Morgan fingerprint density at radius 1 is 1.33 bits per heavy atom. The number of rotatable bonds is 5. The van der Waals surface area contributed by atoms with Crippen LogP contribution < -0.4 is 21.3 Å². The minimum absolute atomic E-state index is 0.0945. The molecule has 21 heavy (non-hydrogen) atoms. The topological polar surface area (TPSA) is 86.3 Å². The summed E-state index contributed by atoms with van der Waals surface area (Å²) in [6, 6.07) is 9.90. The average molecular weight is 287 g/mol. The molecule has 1 aromatic heterocycles. The largest absolute Gasteiger partial charge is 0.494 e. The number of nitrogens with two attached hydrogens (primary N) is 1. The van der Waals surface area contributed by atoms with Crippen molar-refractivity contribution >= 4 is 17.3 Å². The molecule has 0 fully saturated rings. The fourth-order valence-corrected chi connectivity index (χ4v) is 1.86. The summed E-state index contributed by atoms with van der Waals surface area (Å²) in [5.74, 6) is 0.368. The number of pyridine rings is 1. The second kappa shape index (κ2) is 6.60. The Morgan fingerprint density at radius 2 is 2.14 bits per heavy atom. The van der Waals surface area contributed by atoms with Gasteiger partial charge in [0.1, 0.15) is 12.3 Å². The number of ether oxygens (including phenoxy) is 1. The van der Waals surface area contributed by atoms with Gasteiger partial charge in [0.15, 0.2) is 0 Å². The Hall–Kier alpha value is -2.76. The predicted molar refractivity (Wildman–Crippen MR) is 81.4 cm³/mol. The highest BCUT2D eigenvalue weighted by Crippen LogP contribution is 2.17. The van der Waals surface area contributed by atoms with Crippen molar-refractivity contribution in [2.75, 3.05) is 17.7 Å². The van der Waals surface area contributed by atoms with Crippen LogP contribution in [0.15, 0.2) is 47.4 Å². The van der Waals surface area contributed by atoms with E-state index >= 15 is 0 Å². The van der Waals surface area contributed by atoms with Gasteiger partial charge in [0.05, 0.1) is 6.61 Å². The molecule has 0 aliphatic rings. The van der Waals surface area contributed by atoms with Crippen LogP contribution in [0.3, 0.4) is 0 Å². The molecule has 1 aromatic carbocycles. The Labute approximate surface area is 122 Å². The number of anilines is 2. The van der Waals surface area contributed by atoms with Gasteiger partial charge in [-0.15, -0.1) is 0 Å². The van der Waals surface area contributed by atoms with Crippen LogP contribution in [-0.4, -0.2) is 17.1 Å². The van der Waals surface area contributed by atoms with Crippen LogP contribution in [0.4, 0.5) is 11.4 Å². The molecule has 6 heteroatoms. The van der Waals surface area contributed by atoms with E-state index in [1.807, 2.05) is 13.0 Å². The molecule has 3 N–H and O–H groups in total. The molecule has 1 heterocycles. The van der Waals surface area contributed by atoms with Crippen LogP contribution in [0.2, 0.25) is 0 Å². The standard InChI is InChI=1S/C15H17N3O3/c1-2-21-13-5-3-4-12(8-13)17-14(19)10-18-9-11(16)6-7-15(18)20/h3-9H,2,10,16H2,1H3,(H,17,19). The van der Waals surface area contributed by atoms with Crippen LogP contribution in [-0.2, 0) is 11.3 Å². The molecule has 0 radical (unpaired) electrons. The summed E-state index contributed by atoms with van der Waals surface area (Å²) in [7, 11) is 0. The van der Waals surface area contributed by atoms with Crippen LogP contribution in [0.25, 0.3) is 0 Å². The first kappa shape index (κ1) is 14.6. The summed E-state index contributed by atoms with van der Waals surface area (Å²) in [6.45, 7) is 2.34. The molecule has 0 aliphatic carbocycles. The quantitative estimate of drug-likeness (QED) is 0.872. The molecule has 6 nitrogen and oxygen atoms in total. The van der Waals surface area contributed by atoms with Crippen molar-refractivity contribution in [2.45, 2.75) is 13.5 Å². The maximum absolute atomic E-state index is 12.0. The lowest BCUT2D eigenvalue weighted by molar-refractivity contribution is -0.116. The zero-order valence-corrected chi connectivity index (χ0v) is 11.7. The number of nitrogens with one attached hydrogen (secondary N) is 1. The van der Waals surface area contributed by atoms with Crippen LogP contribution in [0.5, 0.6) is 5.75 Å². The smallest absolute Gasteiger partial charge is 0.251 e. The van der Waals surface area contributed by atoms with Crippen molar-refractivity contribution in [3.8, 4) is 5.75 Å². The van der Waals surface area contributed by atoms with E-state index in [4.69, 9.17) is 10.5 Å².